The molecule has 0 aliphatic carbocycles. The molecule has 0 spiro atoms. The Morgan fingerprint density at radius 1 is 1.31 bits per heavy atom. The van der Waals surface area contributed by atoms with Gasteiger partial charge in [-0.15, -0.1) is 20.4 Å². The molecule has 0 aromatic carbocycles. The van der Waals surface area contributed by atoms with E-state index >= 15 is 0 Å². The molecule has 0 radical (unpaired) electrons. The van der Waals surface area contributed by atoms with E-state index in [9.17, 15) is 4.79 Å². The summed E-state index contributed by atoms with van der Waals surface area (Å²) in [5, 5.41) is 25.2. The molecule has 0 fully saturated rings. The van der Waals surface area contributed by atoms with Crippen molar-refractivity contribution in [1.82, 2.24) is 20.4 Å². The van der Waals surface area contributed by atoms with Crippen LogP contribution in [0.25, 0.3) is 0 Å². The number of rotatable bonds is 3. The van der Waals surface area contributed by atoms with Crippen molar-refractivity contribution in [3.8, 4) is 0 Å². The second-order valence-corrected chi connectivity index (χ2v) is 5.20. The number of nitrogens with zero attached hydrogens (tertiary/aromatic N) is 4. The summed E-state index contributed by atoms with van der Waals surface area (Å²) in [6.07, 6.45) is 0. The molecular formula is C8H6N4O2S2. The first-order valence-electron chi connectivity index (χ1n) is 4.20. The van der Waals surface area contributed by atoms with Crippen molar-refractivity contribution in [2.24, 2.45) is 0 Å². The largest absolute Gasteiger partial charge is 0.476 e. The van der Waals surface area contributed by atoms with Crippen LogP contribution >= 0.6 is 23.1 Å². The molecule has 8 heteroatoms. The monoisotopic (exact) mass is 254 g/mol. The van der Waals surface area contributed by atoms with Crippen molar-refractivity contribution in [2.45, 2.75) is 16.3 Å². The predicted molar refractivity (Wildman–Crippen MR) is 57.8 cm³/mol. The summed E-state index contributed by atoms with van der Waals surface area (Å²) in [4.78, 5) is 10.5. The molecule has 2 aromatic rings. The van der Waals surface area contributed by atoms with Crippen molar-refractivity contribution in [2.75, 3.05) is 0 Å². The highest BCUT2D eigenvalue weighted by molar-refractivity contribution is 8.01. The van der Waals surface area contributed by atoms with Gasteiger partial charge in [-0.25, -0.2) is 4.79 Å². The molecule has 82 valence electrons. The molecule has 6 nitrogen and oxygen atoms in total. The third-order valence-corrected chi connectivity index (χ3v) is 3.38. The van der Waals surface area contributed by atoms with Crippen LogP contribution in [-0.4, -0.2) is 31.5 Å². The lowest BCUT2D eigenvalue weighted by atomic mass is 10.4. The summed E-state index contributed by atoms with van der Waals surface area (Å²) in [6.45, 7) is 1.86. The summed E-state index contributed by atoms with van der Waals surface area (Å²) in [5.41, 5.74) is -0.0715. The van der Waals surface area contributed by atoms with Crippen LogP contribution in [0.4, 0.5) is 0 Å². The molecule has 2 rings (SSSR count). The fraction of sp³-hybridized carbons (Fsp3) is 0.125. The Kier molecular flexibility index (Phi) is 3.11. The predicted octanol–water partition coefficient (Wildman–Crippen LogP) is 1.49. The maximum Gasteiger partial charge on any atom is 0.356 e. The summed E-state index contributed by atoms with van der Waals surface area (Å²) >= 11 is 2.76. The Bertz CT molecular complexity index is 511. The summed E-state index contributed by atoms with van der Waals surface area (Å²) in [5.74, 6) is -1.09. The van der Waals surface area contributed by atoms with Gasteiger partial charge in [-0.1, -0.05) is 11.3 Å². The molecule has 0 bridgehead atoms. The van der Waals surface area contributed by atoms with Gasteiger partial charge < -0.3 is 5.11 Å². The molecule has 0 saturated heterocycles. The van der Waals surface area contributed by atoms with Gasteiger partial charge in [-0.2, -0.15) is 0 Å². The first kappa shape index (κ1) is 11.0. The Hall–Kier alpha value is -1.54. The van der Waals surface area contributed by atoms with Crippen LogP contribution in [0.3, 0.4) is 0 Å². The van der Waals surface area contributed by atoms with Gasteiger partial charge in [-0.05, 0) is 30.8 Å². The summed E-state index contributed by atoms with van der Waals surface area (Å²) in [6, 6.07) is 3.00. The van der Waals surface area contributed by atoms with E-state index in [1.165, 1.54) is 29.2 Å². The smallest absolute Gasteiger partial charge is 0.356 e. The van der Waals surface area contributed by atoms with Gasteiger partial charge in [0.05, 0.1) is 0 Å². The number of hydrogen-bond acceptors (Lipinski definition) is 7. The van der Waals surface area contributed by atoms with Crippen molar-refractivity contribution >= 4 is 29.1 Å². The fourth-order valence-electron chi connectivity index (χ4n) is 0.898. The van der Waals surface area contributed by atoms with E-state index in [1.807, 2.05) is 6.92 Å². The normalized spacial score (nSPS) is 10.3. The Balaban J connectivity index is 2.14. The van der Waals surface area contributed by atoms with Crippen LogP contribution in [0.5, 0.6) is 0 Å². The minimum atomic E-state index is -1.09. The minimum absolute atomic E-state index is 0.0715. The number of aromatic nitrogens is 4. The van der Waals surface area contributed by atoms with E-state index in [4.69, 9.17) is 5.11 Å². The maximum atomic E-state index is 10.5. The van der Waals surface area contributed by atoms with Gasteiger partial charge in [0, 0.05) is 0 Å². The van der Waals surface area contributed by atoms with Crippen LogP contribution in [0.1, 0.15) is 15.5 Å². The standard InChI is InChI=1S/C8H6N4O2S2/c1-4-9-12-8(15-4)16-6-3-2-5(7(13)14)10-11-6/h2-3H,1H3,(H,13,14). The van der Waals surface area contributed by atoms with E-state index in [1.54, 1.807) is 6.07 Å². The Labute approximate surface area is 98.8 Å². The van der Waals surface area contributed by atoms with E-state index < -0.39 is 5.97 Å². The minimum Gasteiger partial charge on any atom is -0.476 e. The number of hydrogen-bond donors (Lipinski definition) is 1. The van der Waals surface area contributed by atoms with Crippen LogP contribution < -0.4 is 0 Å². The number of aryl methyl sites for hydroxylation is 1. The second-order valence-electron chi connectivity index (χ2n) is 2.75. The van der Waals surface area contributed by atoms with Crippen molar-refractivity contribution in [3.05, 3.63) is 22.8 Å². The Morgan fingerprint density at radius 3 is 2.62 bits per heavy atom. The third kappa shape index (κ3) is 2.52. The molecule has 2 aromatic heterocycles. The van der Waals surface area contributed by atoms with Crippen molar-refractivity contribution in [1.29, 1.82) is 0 Å². The SMILES string of the molecule is Cc1nnc(Sc2ccc(C(=O)O)nn2)s1. The van der Waals surface area contributed by atoms with E-state index in [0.29, 0.717) is 5.03 Å². The highest BCUT2D eigenvalue weighted by atomic mass is 32.2. The lowest BCUT2D eigenvalue weighted by Crippen LogP contribution is -2.01. The van der Waals surface area contributed by atoms with Crippen LogP contribution in [0.15, 0.2) is 21.5 Å². The quantitative estimate of drug-likeness (QED) is 0.887. The second kappa shape index (κ2) is 4.54. The number of carbonyl (C=O) groups is 1. The van der Waals surface area contributed by atoms with Crippen LogP contribution in [0, 0.1) is 6.92 Å². The van der Waals surface area contributed by atoms with Crippen molar-refractivity contribution in [3.63, 3.8) is 0 Å². The zero-order valence-electron chi connectivity index (χ0n) is 8.12. The average molecular weight is 254 g/mol. The van der Waals surface area contributed by atoms with Crippen molar-refractivity contribution < 1.29 is 9.90 Å². The van der Waals surface area contributed by atoms with Crippen LogP contribution in [0.2, 0.25) is 0 Å². The number of carboxylic acids is 1. The van der Waals surface area contributed by atoms with Gasteiger partial charge in [0.15, 0.2) is 10.0 Å². The van der Waals surface area contributed by atoms with E-state index in [0.717, 1.165) is 9.35 Å². The van der Waals surface area contributed by atoms with Gasteiger partial charge in [0.1, 0.15) is 10.0 Å². The maximum absolute atomic E-state index is 10.5. The zero-order chi connectivity index (χ0) is 11.5. The topological polar surface area (TPSA) is 88.9 Å². The summed E-state index contributed by atoms with van der Waals surface area (Å²) < 4.78 is 0.759. The average Bonchev–Trinajstić information content (AvgIpc) is 2.65. The van der Waals surface area contributed by atoms with Gasteiger partial charge >= 0.3 is 5.97 Å². The first-order valence-corrected chi connectivity index (χ1v) is 5.83. The Morgan fingerprint density at radius 2 is 2.12 bits per heavy atom. The van der Waals surface area contributed by atoms with E-state index in [-0.39, 0.29) is 5.69 Å². The lowest BCUT2D eigenvalue weighted by molar-refractivity contribution is 0.0689. The third-order valence-electron chi connectivity index (χ3n) is 1.56. The fourth-order valence-corrected chi connectivity index (χ4v) is 2.58. The lowest BCUT2D eigenvalue weighted by Gasteiger charge is -1.95. The van der Waals surface area contributed by atoms with E-state index in [2.05, 4.69) is 20.4 Å². The molecule has 1 N–H and O–H groups in total. The highest BCUT2D eigenvalue weighted by Crippen LogP contribution is 2.27. The highest BCUT2D eigenvalue weighted by Gasteiger charge is 2.08. The molecule has 0 amide bonds. The molecule has 0 aliphatic heterocycles. The summed E-state index contributed by atoms with van der Waals surface area (Å²) in [7, 11) is 0. The van der Waals surface area contributed by atoms with Gasteiger partial charge in [0.25, 0.3) is 0 Å². The molecule has 2 heterocycles. The molecule has 0 unspecified atom stereocenters. The number of aromatic carboxylic acids is 1. The molecular weight excluding hydrogens is 248 g/mol. The first-order chi connectivity index (χ1) is 7.65. The molecule has 0 aliphatic rings. The molecule has 0 saturated carbocycles. The van der Waals surface area contributed by atoms with Gasteiger partial charge in [0.2, 0.25) is 0 Å². The molecule has 0 atom stereocenters. The van der Waals surface area contributed by atoms with Crippen LogP contribution in [-0.2, 0) is 0 Å². The molecule has 16 heavy (non-hydrogen) atoms. The zero-order valence-corrected chi connectivity index (χ0v) is 9.75. The number of carboxylic acid groups (broad SMARTS) is 1. The van der Waals surface area contributed by atoms with Gasteiger partial charge in [-0.3, -0.25) is 0 Å².